The summed E-state index contributed by atoms with van der Waals surface area (Å²) < 4.78 is 133. The molecule has 2 saturated heterocycles. The van der Waals surface area contributed by atoms with Crippen LogP contribution in [0, 0.1) is 35.3 Å². The number of thiocarbonyl (C=S) groups is 1. The molecule has 2 fully saturated rings. The van der Waals surface area contributed by atoms with Gasteiger partial charge in [-0.3, -0.25) is 24.3 Å². The number of alkyl halides is 6. The number of unbranched alkanes of at least 4 members (excludes halogenated alkanes) is 1. The van der Waals surface area contributed by atoms with Crippen molar-refractivity contribution in [3.63, 3.8) is 0 Å². The predicted octanol–water partition coefficient (Wildman–Crippen LogP) is 9.74. The molecule has 72 heavy (non-hydrogen) atoms. The molecule has 382 valence electrons. The van der Waals surface area contributed by atoms with E-state index < -0.39 is 97.6 Å². The van der Waals surface area contributed by atoms with Gasteiger partial charge in [-0.15, -0.1) is 21.5 Å². The van der Waals surface area contributed by atoms with E-state index in [1.807, 2.05) is 27.7 Å². The minimum Gasteiger partial charge on any atom is -0.494 e. The molecular weight excluding hydrogens is 1000 g/mol. The van der Waals surface area contributed by atoms with Crippen molar-refractivity contribution in [2.75, 3.05) is 36.2 Å². The molecule has 0 saturated carbocycles. The maximum atomic E-state index is 15.9. The first-order valence-corrected chi connectivity index (χ1v) is 23.4. The van der Waals surface area contributed by atoms with E-state index in [0.29, 0.717) is 48.7 Å². The highest BCUT2D eigenvalue weighted by molar-refractivity contribution is 7.81. The quantitative estimate of drug-likeness (QED) is 0.0596. The van der Waals surface area contributed by atoms with E-state index >= 15 is 8.78 Å². The molecule has 2 aliphatic rings. The molecule has 15 nitrogen and oxygen atoms in total. The molecule has 0 spiro atoms. The largest absolute Gasteiger partial charge is 0.494 e. The zero-order valence-corrected chi connectivity index (χ0v) is 40.9. The van der Waals surface area contributed by atoms with Gasteiger partial charge >= 0.3 is 12.4 Å². The number of amides is 3. The summed E-state index contributed by atoms with van der Waals surface area (Å²) in [7, 11) is 0. The number of thiazole rings is 1. The van der Waals surface area contributed by atoms with Crippen LogP contribution in [0.4, 0.5) is 46.5 Å². The molecule has 2 atom stereocenters. The van der Waals surface area contributed by atoms with Gasteiger partial charge in [0.05, 0.1) is 52.6 Å². The number of carbonyl (C=O) groups excluding carboxylic acids is 3. The van der Waals surface area contributed by atoms with Crippen LogP contribution >= 0.6 is 23.6 Å². The Bertz CT molecular complexity index is 2950. The zero-order chi connectivity index (χ0) is 52.7. The molecule has 25 heteroatoms. The Hall–Kier alpha value is -6.65. The van der Waals surface area contributed by atoms with Crippen molar-refractivity contribution in [3.8, 4) is 33.8 Å². The van der Waals surface area contributed by atoms with Gasteiger partial charge in [-0.2, -0.15) is 31.6 Å². The second kappa shape index (κ2) is 20.5. The van der Waals surface area contributed by atoms with Gasteiger partial charge in [-0.1, -0.05) is 20.8 Å². The van der Waals surface area contributed by atoms with Crippen molar-refractivity contribution < 1.29 is 63.4 Å². The monoisotopic (exact) mass is 1050 g/mol. The first-order chi connectivity index (χ1) is 33.7. The summed E-state index contributed by atoms with van der Waals surface area (Å²) in [6.45, 7) is 9.85. The predicted molar refractivity (Wildman–Crippen MR) is 248 cm³/mol. The van der Waals surface area contributed by atoms with Gasteiger partial charge in [0.15, 0.2) is 16.7 Å². The van der Waals surface area contributed by atoms with Crippen LogP contribution in [0.5, 0.6) is 5.75 Å². The molecule has 3 amide bonds. The average Bonchev–Trinajstić information content (AvgIpc) is 4.11. The average molecular weight is 1050 g/mol. The van der Waals surface area contributed by atoms with Crippen LogP contribution in [-0.2, 0) is 31.5 Å². The van der Waals surface area contributed by atoms with E-state index in [9.17, 15) is 40.7 Å². The highest BCUT2D eigenvalue weighted by atomic mass is 32.1. The normalized spacial score (nSPS) is 16.6. The van der Waals surface area contributed by atoms with Crippen LogP contribution in [0.2, 0.25) is 0 Å². The molecule has 1 N–H and O–H groups in total. The number of ether oxygens (including phenoxy) is 2. The van der Waals surface area contributed by atoms with Crippen molar-refractivity contribution in [1.82, 2.24) is 30.4 Å². The number of pyridine rings is 1. The van der Waals surface area contributed by atoms with E-state index in [1.165, 1.54) is 37.3 Å². The lowest BCUT2D eigenvalue weighted by Gasteiger charge is -2.35. The van der Waals surface area contributed by atoms with Crippen molar-refractivity contribution in [2.45, 2.75) is 97.2 Å². The number of aromatic nitrogens is 4. The Morgan fingerprint density at radius 3 is 2.39 bits per heavy atom. The molecule has 3 aromatic heterocycles. The number of anilines is 2. The van der Waals surface area contributed by atoms with Crippen LogP contribution in [-0.4, -0.2) is 85.8 Å². The summed E-state index contributed by atoms with van der Waals surface area (Å²) >= 11 is 6.74. The first-order valence-electron chi connectivity index (χ1n) is 22.2. The third-order valence-corrected chi connectivity index (χ3v) is 13.2. The lowest BCUT2D eigenvalue weighted by Crippen LogP contribution is -2.55. The van der Waals surface area contributed by atoms with Gasteiger partial charge in [0.2, 0.25) is 17.7 Å². The van der Waals surface area contributed by atoms with E-state index in [1.54, 1.807) is 10.4 Å². The highest BCUT2D eigenvalue weighted by Gasteiger charge is 2.52. The minimum absolute atomic E-state index is 0.0678. The number of nitrogens with zero attached hydrogens (tertiary/aromatic N) is 8. The molecule has 0 bridgehead atoms. The fourth-order valence-electron chi connectivity index (χ4n) is 8.29. The maximum Gasteiger partial charge on any atom is 0.420 e. The molecule has 0 radical (unpaired) electrons. The van der Waals surface area contributed by atoms with E-state index in [4.69, 9.17) is 31.4 Å². The van der Waals surface area contributed by atoms with Crippen LogP contribution in [0.1, 0.15) is 94.6 Å². The Morgan fingerprint density at radius 1 is 1.03 bits per heavy atom. The SMILES string of the molecule is Cc1ncsc1-c1nnc(C2CCCN2C(=O)C(NC(=O)COCCCCOc2ccc(-c3ncc(N4C(=S)N(c5ccc(C#N)c(C(F)(F)F)c5F)C(=O)C4(C)C)cc3F)c(C(F)(F)F)c2)C(C)(C)C)o1. The van der Waals surface area contributed by atoms with Gasteiger partial charge in [-0.25, -0.2) is 13.8 Å². The topological polar surface area (TPSA) is 180 Å². The second-order valence-corrected chi connectivity index (χ2v) is 19.6. The molecular formula is C47H45F8N9O6S2. The molecule has 2 unspecified atom stereocenters. The van der Waals surface area contributed by atoms with Crippen LogP contribution in [0.15, 0.2) is 52.5 Å². The number of likely N-dealkylation sites (tertiary alicyclic amines) is 1. The van der Waals surface area contributed by atoms with Gasteiger partial charge < -0.3 is 29.0 Å². The summed E-state index contributed by atoms with van der Waals surface area (Å²) in [5, 5.41) is 19.7. The highest BCUT2D eigenvalue weighted by Crippen LogP contribution is 2.44. The Kier molecular flexibility index (Phi) is 15.1. The Balaban J connectivity index is 0.938. The summed E-state index contributed by atoms with van der Waals surface area (Å²) in [5.41, 5.74) is -7.01. The number of nitriles is 1. The number of halogens is 8. The molecule has 5 heterocycles. The third kappa shape index (κ3) is 10.8. The second-order valence-electron chi connectivity index (χ2n) is 18.4. The Morgan fingerprint density at radius 2 is 1.75 bits per heavy atom. The maximum absolute atomic E-state index is 15.9. The van der Waals surface area contributed by atoms with Crippen molar-refractivity contribution in [2.24, 2.45) is 5.41 Å². The number of nitrogens with one attached hydrogen (secondary N) is 1. The first kappa shape index (κ1) is 53.2. The number of rotatable bonds is 15. The van der Waals surface area contributed by atoms with Gasteiger partial charge in [-0.05, 0) is 94.4 Å². The number of benzene rings is 2. The van der Waals surface area contributed by atoms with Gasteiger partial charge in [0.25, 0.3) is 11.8 Å². The van der Waals surface area contributed by atoms with E-state index in [2.05, 4.69) is 25.5 Å². The molecule has 5 aromatic rings. The van der Waals surface area contributed by atoms with Crippen LogP contribution in [0.25, 0.3) is 22.0 Å². The standard InChI is InChI=1S/C47H45F8N9O6S2/c1-24-37(72-23-58-24)40-61-60-39(70-40)32-10-9-15-62(32)41(66)38(44(2,3)4)59-33(65)22-68-16-7-8-17-69-27-12-13-28(29(19-27)46(50,51)52)36-30(48)18-26(21-57-36)64-43(71)63(42(67)45(64,5)6)31-14-11-25(20-56)34(35(31)49)47(53,54)55/h11-14,18-19,21,23,32,38H,7-10,15-17,22H2,1-6H3,(H,59,65). The van der Waals surface area contributed by atoms with Crippen LogP contribution in [0.3, 0.4) is 0 Å². The van der Waals surface area contributed by atoms with Crippen molar-refractivity contribution in [3.05, 3.63) is 88.0 Å². The molecule has 0 aliphatic carbocycles. The Labute approximate surface area is 416 Å². The van der Waals surface area contributed by atoms with Crippen LogP contribution < -0.4 is 19.9 Å². The number of carbonyl (C=O) groups is 3. The van der Waals surface area contributed by atoms with Gasteiger partial charge in [0.1, 0.15) is 46.1 Å². The summed E-state index contributed by atoms with van der Waals surface area (Å²) in [6, 6.07) is 4.81. The number of hydrogen-bond donors (Lipinski definition) is 1. The molecule has 2 aromatic carbocycles. The fraction of sp³-hybridized carbons (Fsp3) is 0.426. The smallest absolute Gasteiger partial charge is 0.420 e. The van der Waals surface area contributed by atoms with Gasteiger partial charge in [0, 0.05) is 24.8 Å². The molecule has 2 aliphatic heterocycles. The number of aryl methyl sites for hydroxylation is 1. The summed E-state index contributed by atoms with van der Waals surface area (Å²) in [5.74, 6) is -4.75. The lowest BCUT2D eigenvalue weighted by atomic mass is 9.85. The zero-order valence-electron chi connectivity index (χ0n) is 39.3. The van der Waals surface area contributed by atoms with E-state index in [-0.39, 0.29) is 49.5 Å². The lowest BCUT2D eigenvalue weighted by molar-refractivity contribution is -0.141. The fourth-order valence-corrected chi connectivity index (χ4v) is 9.52. The van der Waals surface area contributed by atoms with E-state index in [0.717, 1.165) is 39.9 Å². The minimum atomic E-state index is -5.33. The number of hydrogen-bond acceptors (Lipinski definition) is 13. The molecule has 7 rings (SSSR count). The van der Waals surface area contributed by atoms with Crippen molar-refractivity contribution >= 4 is 57.8 Å². The van der Waals surface area contributed by atoms with Crippen molar-refractivity contribution in [1.29, 1.82) is 5.26 Å². The summed E-state index contributed by atoms with van der Waals surface area (Å²) in [4.78, 5) is 52.5. The summed E-state index contributed by atoms with van der Waals surface area (Å²) in [6.07, 6.45) is -7.55. The third-order valence-electron chi connectivity index (χ3n) is 11.9.